The van der Waals surface area contributed by atoms with E-state index < -0.39 is 32.0 Å². The van der Waals surface area contributed by atoms with Crippen LogP contribution in [0.1, 0.15) is 17.5 Å². The second-order valence-electron chi connectivity index (χ2n) is 4.18. The number of aryl methyl sites for hydroxylation is 2. The Labute approximate surface area is 111 Å². The van der Waals surface area contributed by atoms with Gasteiger partial charge < -0.3 is 4.18 Å². The summed E-state index contributed by atoms with van der Waals surface area (Å²) in [4.78, 5) is 9.83. The molecule has 20 heavy (non-hydrogen) atoms. The van der Waals surface area contributed by atoms with E-state index in [1.165, 1.54) is 0 Å². The number of nitro benzene ring substituents is 1. The van der Waals surface area contributed by atoms with Gasteiger partial charge in [-0.25, -0.2) is 0 Å². The number of fused-ring (bicyclic) bond motifs is 1. The minimum atomic E-state index is -5.93. The second kappa shape index (κ2) is 4.62. The van der Waals surface area contributed by atoms with Crippen molar-refractivity contribution in [2.24, 2.45) is 0 Å². The van der Waals surface area contributed by atoms with E-state index in [2.05, 4.69) is 4.18 Å². The molecule has 0 fully saturated rings. The summed E-state index contributed by atoms with van der Waals surface area (Å²) >= 11 is 0. The monoisotopic (exact) mass is 311 g/mol. The number of halogens is 3. The molecule has 1 aliphatic carbocycles. The van der Waals surface area contributed by atoms with Crippen LogP contribution in [0.3, 0.4) is 0 Å². The summed E-state index contributed by atoms with van der Waals surface area (Å²) in [7, 11) is -5.93. The van der Waals surface area contributed by atoms with Crippen molar-refractivity contribution < 1.29 is 30.7 Å². The first-order valence-corrected chi connectivity index (χ1v) is 6.83. The number of rotatable bonds is 3. The largest absolute Gasteiger partial charge is 0.534 e. The third-order valence-electron chi connectivity index (χ3n) is 2.85. The minimum absolute atomic E-state index is 0.510. The lowest BCUT2D eigenvalue weighted by molar-refractivity contribution is -0.385. The van der Waals surface area contributed by atoms with Crippen molar-refractivity contribution in [2.75, 3.05) is 0 Å². The van der Waals surface area contributed by atoms with E-state index >= 15 is 0 Å². The molecule has 0 spiro atoms. The molecule has 0 saturated carbocycles. The Kier molecular flexibility index (Phi) is 3.36. The maximum absolute atomic E-state index is 12.2. The fraction of sp³-hybridized carbons (Fsp3) is 0.400. The minimum Gasteiger partial charge on any atom is -0.369 e. The lowest BCUT2D eigenvalue weighted by atomic mass is 10.1. The molecule has 0 aliphatic heterocycles. The highest BCUT2D eigenvalue weighted by molar-refractivity contribution is 7.88. The average molecular weight is 311 g/mol. The van der Waals surface area contributed by atoms with Gasteiger partial charge in [0.1, 0.15) is 0 Å². The maximum atomic E-state index is 12.2. The van der Waals surface area contributed by atoms with Crippen molar-refractivity contribution >= 4 is 15.8 Å². The summed E-state index contributed by atoms with van der Waals surface area (Å²) in [6.07, 6.45) is 1.76. The molecular formula is C10H8F3NO5S. The summed E-state index contributed by atoms with van der Waals surface area (Å²) in [6.45, 7) is 0. The Bertz CT molecular complexity index is 668. The van der Waals surface area contributed by atoms with Gasteiger partial charge in [0.25, 0.3) is 0 Å². The number of alkyl halides is 3. The molecule has 2 rings (SSSR count). The predicted octanol–water partition coefficient (Wildman–Crippen LogP) is 2.31. The highest BCUT2D eigenvalue weighted by atomic mass is 32.2. The van der Waals surface area contributed by atoms with Crippen LogP contribution in [0.2, 0.25) is 0 Å². The van der Waals surface area contributed by atoms with Crippen molar-refractivity contribution in [1.29, 1.82) is 0 Å². The third kappa shape index (κ3) is 2.55. The van der Waals surface area contributed by atoms with Gasteiger partial charge in [-0.1, -0.05) is 0 Å². The molecule has 0 unspecified atom stereocenters. The second-order valence-corrected chi connectivity index (χ2v) is 5.72. The molecular weight excluding hydrogens is 303 g/mol. The average Bonchev–Trinajstić information content (AvgIpc) is 2.72. The predicted molar refractivity (Wildman–Crippen MR) is 60.7 cm³/mol. The standard InChI is InChI=1S/C10H8F3NO5S/c11-10(12,13)20(17,18)19-9-5-7-3-1-2-6(7)4-8(9)14(15)16/h4-5H,1-3H2. The first-order chi connectivity index (χ1) is 9.12. The van der Waals surface area contributed by atoms with Gasteiger partial charge in [0.05, 0.1) is 4.92 Å². The van der Waals surface area contributed by atoms with E-state index in [4.69, 9.17) is 0 Å². The van der Waals surface area contributed by atoms with Crippen LogP contribution in [0.25, 0.3) is 0 Å². The Morgan fingerprint density at radius 3 is 2.25 bits per heavy atom. The molecule has 0 amide bonds. The van der Waals surface area contributed by atoms with Gasteiger partial charge in [-0.3, -0.25) is 10.1 Å². The number of benzene rings is 1. The lowest BCUT2D eigenvalue weighted by Crippen LogP contribution is -2.28. The molecule has 0 bridgehead atoms. The van der Waals surface area contributed by atoms with E-state index in [9.17, 15) is 31.7 Å². The van der Waals surface area contributed by atoms with Crippen molar-refractivity contribution in [3.63, 3.8) is 0 Å². The Morgan fingerprint density at radius 2 is 1.75 bits per heavy atom. The van der Waals surface area contributed by atoms with Gasteiger partial charge in [0.15, 0.2) is 0 Å². The van der Waals surface area contributed by atoms with Crippen LogP contribution in [-0.2, 0) is 23.0 Å². The highest BCUT2D eigenvalue weighted by Crippen LogP contribution is 2.37. The zero-order valence-electron chi connectivity index (χ0n) is 9.81. The summed E-state index contributed by atoms with van der Waals surface area (Å²) in [5.41, 5.74) is -5.25. The molecule has 10 heteroatoms. The van der Waals surface area contributed by atoms with Gasteiger partial charge in [0, 0.05) is 6.07 Å². The van der Waals surface area contributed by atoms with Gasteiger partial charge in [0.2, 0.25) is 5.75 Å². The first kappa shape index (κ1) is 14.6. The molecule has 0 N–H and O–H groups in total. The van der Waals surface area contributed by atoms with Gasteiger partial charge in [-0.15, -0.1) is 0 Å². The van der Waals surface area contributed by atoms with Crippen LogP contribution in [0, 0.1) is 10.1 Å². The van der Waals surface area contributed by atoms with Gasteiger partial charge >= 0.3 is 21.3 Å². The summed E-state index contributed by atoms with van der Waals surface area (Å²) < 4.78 is 62.5. The number of hydrogen-bond acceptors (Lipinski definition) is 5. The molecule has 1 aliphatic rings. The molecule has 0 aromatic heterocycles. The Balaban J connectivity index is 2.49. The number of hydrogen-bond donors (Lipinski definition) is 0. The van der Waals surface area contributed by atoms with Crippen LogP contribution in [0.4, 0.5) is 18.9 Å². The highest BCUT2D eigenvalue weighted by Gasteiger charge is 2.49. The van der Waals surface area contributed by atoms with Crippen LogP contribution >= 0.6 is 0 Å². The normalized spacial score (nSPS) is 14.9. The van der Waals surface area contributed by atoms with Gasteiger partial charge in [-0.2, -0.15) is 21.6 Å². The van der Waals surface area contributed by atoms with E-state index in [0.717, 1.165) is 12.1 Å². The molecule has 0 atom stereocenters. The van der Waals surface area contributed by atoms with E-state index in [0.29, 0.717) is 30.4 Å². The fourth-order valence-electron chi connectivity index (χ4n) is 1.96. The van der Waals surface area contributed by atoms with Crippen LogP contribution < -0.4 is 4.18 Å². The molecule has 1 aromatic rings. The molecule has 110 valence electrons. The van der Waals surface area contributed by atoms with Crippen molar-refractivity contribution in [2.45, 2.75) is 24.8 Å². The molecule has 6 nitrogen and oxygen atoms in total. The lowest BCUT2D eigenvalue weighted by Gasteiger charge is -2.10. The quantitative estimate of drug-likeness (QED) is 0.370. The van der Waals surface area contributed by atoms with E-state index in [1.54, 1.807) is 0 Å². The van der Waals surface area contributed by atoms with Crippen molar-refractivity contribution in [1.82, 2.24) is 0 Å². The SMILES string of the molecule is O=[N+]([O-])c1cc2c(cc1OS(=O)(=O)C(F)(F)F)CCC2. The van der Waals surface area contributed by atoms with Crippen LogP contribution in [0.5, 0.6) is 5.75 Å². The number of nitro groups is 1. The smallest absolute Gasteiger partial charge is 0.369 e. The van der Waals surface area contributed by atoms with Crippen molar-refractivity contribution in [3.05, 3.63) is 33.4 Å². The topological polar surface area (TPSA) is 86.5 Å². The Morgan fingerprint density at radius 1 is 1.20 bits per heavy atom. The molecule has 0 saturated heterocycles. The van der Waals surface area contributed by atoms with Gasteiger partial charge in [-0.05, 0) is 36.5 Å². The zero-order chi connectivity index (χ0) is 15.1. The summed E-state index contributed by atoms with van der Waals surface area (Å²) in [5, 5.41) is 10.8. The van der Waals surface area contributed by atoms with Crippen LogP contribution in [-0.4, -0.2) is 18.8 Å². The maximum Gasteiger partial charge on any atom is 0.534 e. The summed E-state index contributed by atoms with van der Waals surface area (Å²) in [6, 6.07) is 2.05. The molecule has 0 heterocycles. The summed E-state index contributed by atoms with van der Waals surface area (Å²) in [5.74, 6) is -0.909. The third-order valence-corrected chi connectivity index (χ3v) is 3.82. The van der Waals surface area contributed by atoms with Crippen LogP contribution in [0.15, 0.2) is 12.1 Å². The first-order valence-electron chi connectivity index (χ1n) is 5.43. The van der Waals surface area contributed by atoms with Crippen molar-refractivity contribution in [3.8, 4) is 5.75 Å². The Hall–Kier alpha value is -1.84. The van der Waals surface area contributed by atoms with E-state index in [-0.39, 0.29) is 0 Å². The van der Waals surface area contributed by atoms with E-state index in [1.807, 2.05) is 0 Å². The zero-order valence-corrected chi connectivity index (χ0v) is 10.6. The number of nitrogens with zero attached hydrogens (tertiary/aromatic N) is 1. The molecule has 1 aromatic carbocycles. The fourth-order valence-corrected chi connectivity index (χ4v) is 2.43. The molecule has 0 radical (unpaired) electrons.